The second-order valence-electron chi connectivity index (χ2n) is 6.12. The Kier molecular flexibility index (Phi) is 4.87. The Morgan fingerprint density at radius 2 is 1.76 bits per heavy atom. The molecule has 25 heavy (non-hydrogen) atoms. The van der Waals surface area contributed by atoms with Crippen LogP contribution in [-0.2, 0) is 0 Å². The zero-order chi connectivity index (χ0) is 18.0. The van der Waals surface area contributed by atoms with Crippen LogP contribution in [-0.4, -0.2) is 29.0 Å². The number of piperidine rings is 1. The van der Waals surface area contributed by atoms with Crippen molar-refractivity contribution in [3.63, 3.8) is 0 Å². The molecule has 2 heterocycles. The van der Waals surface area contributed by atoms with Crippen LogP contribution in [0.25, 0.3) is 0 Å². The number of benzene rings is 1. The Labute approximate surface area is 142 Å². The van der Waals surface area contributed by atoms with Gasteiger partial charge in [0.15, 0.2) is 17.5 Å². The van der Waals surface area contributed by atoms with Crippen molar-refractivity contribution in [3.05, 3.63) is 47.5 Å². The predicted octanol–water partition coefficient (Wildman–Crippen LogP) is 3.38. The van der Waals surface area contributed by atoms with Crippen molar-refractivity contribution in [1.82, 2.24) is 9.97 Å². The minimum Gasteiger partial charge on any atom is -0.341 e. The van der Waals surface area contributed by atoms with E-state index in [2.05, 4.69) is 27.1 Å². The Hall–Kier alpha value is -2.64. The van der Waals surface area contributed by atoms with E-state index < -0.39 is 28.9 Å². The summed E-state index contributed by atoms with van der Waals surface area (Å²) in [7, 11) is 0. The number of amides is 1. The molecule has 0 unspecified atom stereocenters. The maximum absolute atomic E-state index is 13.6. The van der Waals surface area contributed by atoms with E-state index in [-0.39, 0.29) is 5.69 Å². The fourth-order valence-corrected chi connectivity index (χ4v) is 2.66. The summed E-state index contributed by atoms with van der Waals surface area (Å²) < 4.78 is 39.8. The summed E-state index contributed by atoms with van der Waals surface area (Å²) in [5.74, 6) is -4.22. The van der Waals surface area contributed by atoms with E-state index in [0.717, 1.165) is 32.0 Å². The van der Waals surface area contributed by atoms with Gasteiger partial charge in [-0.25, -0.2) is 23.1 Å². The van der Waals surface area contributed by atoms with E-state index in [1.54, 1.807) is 0 Å². The lowest BCUT2D eigenvalue weighted by molar-refractivity contribution is 0.102. The van der Waals surface area contributed by atoms with Gasteiger partial charge in [-0.15, -0.1) is 0 Å². The van der Waals surface area contributed by atoms with Crippen molar-refractivity contribution in [1.29, 1.82) is 0 Å². The number of hydrogen-bond acceptors (Lipinski definition) is 4. The van der Waals surface area contributed by atoms with E-state index in [1.807, 2.05) is 0 Å². The van der Waals surface area contributed by atoms with Gasteiger partial charge in [0.2, 0.25) is 5.95 Å². The third-order valence-electron chi connectivity index (χ3n) is 4.24. The quantitative estimate of drug-likeness (QED) is 0.862. The molecule has 1 saturated heterocycles. The van der Waals surface area contributed by atoms with Gasteiger partial charge in [0.1, 0.15) is 0 Å². The third kappa shape index (κ3) is 3.72. The number of anilines is 2. The molecule has 0 spiro atoms. The van der Waals surface area contributed by atoms with E-state index in [4.69, 9.17) is 0 Å². The average molecular weight is 350 g/mol. The summed E-state index contributed by atoms with van der Waals surface area (Å²) in [6, 6.07) is 1.58. The summed E-state index contributed by atoms with van der Waals surface area (Å²) in [4.78, 5) is 22.5. The molecule has 1 aliphatic heterocycles. The second kappa shape index (κ2) is 7.08. The van der Waals surface area contributed by atoms with Crippen molar-refractivity contribution in [3.8, 4) is 0 Å². The molecule has 0 atom stereocenters. The van der Waals surface area contributed by atoms with Crippen LogP contribution in [0.2, 0.25) is 0 Å². The number of rotatable bonds is 3. The van der Waals surface area contributed by atoms with E-state index >= 15 is 0 Å². The van der Waals surface area contributed by atoms with Crippen molar-refractivity contribution < 1.29 is 18.0 Å². The van der Waals surface area contributed by atoms with Crippen LogP contribution in [0.3, 0.4) is 0 Å². The highest BCUT2D eigenvalue weighted by Gasteiger charge is 2.20. The number of carbonyl (C=O) groups is 1. The van der Waals surface area contributed by atoms with Crippen LogP contribution in [0.5, 0.6) is 0 Å². The van der Waals surface area contributed by atoms with Crippen molar-refractivity contribution in [2.45, 2.75) is 19.8 Å². The van der Waals surface area contributed by atoms with Gasteiger partial charge < -0.3 is 10.2 Å². The maximum Gasteiger partial charge on any atom is 0.258 e. The topological polar surface area (TPSA) is 58.1 Å². The van der Waals surface area contributed by atoms with Gasteiger partial charge in [-0.2, -0.15) is 0 Å². The molecular weight excluding hydrogens is 333 g/mol. The molecule has 1 N–H and O–H groups in total. The lowest BCUT2D eigenvalue weighted by atomic mass is 10.00. The van der Waals surface area contributed by atoms with E-state index in [9.17, 15) is 18.0 Å². The highest BCUT2D eigenvalue weighted by atomic mass is 19.2. The maximum atomic E-state index is 13.6. The first-order valence-electron chi connectivity index (χ1n) is 7.97. The number of halogens is 3. The number of carbonyl (C=O) groups excluding carboxylic acids is 1. The van der Waals surface area contributed by atoms with Gasteiger partial charge >= 0.3 is 0 Å². The molecule has 1 fully saturated rings. The van der Waals surface area contributed by atoms with Gasteiger partial charge in [0.25, 0.3) is 5.91 Å². The van der Waals surface area contributed by atoms with Crippen molar-refractivity contribution in [2.24, 2.45) is 5.92 Å². The second-order valence-corrected chi connectivity index (χ2v) is 6.12. The summed E-state index contributed by atoms with van der Waals surface area (Å²) in [6.07, 6.45) is 4.93. The predicted molar refractivity (Wildman–Crippen MR) is 86.9 cm³/mol. The molecule has 1 aliphatic rings. The van der Waals surface area contributed by atoms with Crippen LogP contribution in [0.1, 0.15) is 30.1 Å². The molecule has 0 saturated carbocycles. The SMILES string of the molecule is CC1CCN(c2ncc(NC(=O)c3ccc(F)c(F)c3F)cn2)CC1. The standard InChI is InChI=1S/C17H17F3N4O/c1-10-4-6-24(7-5-10)17-21-8-11(9-22-17)23-16(25)12-2-3-13(18)15(20)14(12)19/h2-3,8-10H,4-7H2,1H3,(H,23,25). The lowest BCUT2D eigenvalue weighted by Crippen LogP contribution is -2.34. The molecule has 132 valence electrons. The molecule has 1 aromatic heterocycles. The summed E-state index contributed by atoms with van der Waals surface area (Å²) in [5, 5.41) is 2.37. The van der Waals surface area contributed by atoms with Crippen LogP contribution in [0, 0.1) is 23.4 Å². The smallest absolute Gasteiger partial charge is 0.258 e. The zero-order valence-corrected chi connectivity index (χ0v) is 13.6. The molecular formula is C17H17F3N4O. The Bertz CT molecular complexity index is 774. The number of aromatic nitrogens is 2. The number of hydrogen-bond donors (Lipinski definition) is 1. The number of nitrogens with one attached hydrogen (secondary N) is 1. The van der Waals surface area contributed by atoms with Crippen LogP contribution in [0.15, 0.2) is 24.5 Å². The summed E-state index contributed by atoms with van der Waals surface area (Å²) in [5.41, 5.74) is -0.351. The van der Waals surface area contributed by atoms with Crippen LogP contribution >= 0.6 is 0 Å². The molecule has 1 amide bonds. The largest absolute Gasteiger partial charge is 0.341 e. The van der Waals surface area contributed by atoms with E-state index in [1.165, 1.54) is 12.4 Å². The van der Waals surface area contributed by atoms with Crippen LogP contribution in [0.4, 0.5) is 24.8 Å². The third-order valence-corrected chi connectivity index (χ3v) is 4.24. The zero-order valence-electron chi connectivity index (χ0n) is 13.6. The summed E-state index contributed by atoms with van der Waals surface area (Å²) >= 11 is 0. The molecule has 0 bridgehead atoms. The van der Waals surface area contributed by atoms with Crippen LogP contribution < -0.4 is 10.2 Å². The minimum absolute atomic E-state index is 0.239. The van der Waals surface area contributed by atoms with Gasteiger partial charge in [-0.1, -0.05) is 6.92 Å². The lowest BCUT2D eigenvalue weighted by Gasteiger charge is -2.30. The molecule has 0 aliphatic carbocycles. The minimum atomic E-state index is -1.68. The highest BCUT2D eigenvalue weighted by molar-refractivity contribution is 6.04. The monoisotopic (exact) mass is 350 g/mol. The number of nitrogens with zero attached hydrogens (tertiary/aromatic N) is 3. The first-order chi connectivity index (χ1) is 12.0. The van der Waals surface area contributed by atoms with E-state index in [0.29, 0.717) is 17.9 Å². The molecule has 1 aromatic carbocycles. The summed E-state index contributed by atoms with van der Waals surface area (Å²) in [6.45, 7) is 3.94. The highest BCUT2D eigenvalue weighted by Crippen LogP contribution is 2.21. The van der Waals surface area contributed by atoms with Gasteiger partial charge in [-0.05, 0) is 30.9 Å². The van der Waals surface area contributed by atoms with Gasteiger partial charge in [-0.3, -0.25) is 4.79 Å². The molecule has 3 rings (SSSR count). The normalized spacial score (nSPS) is 15.3. The Morgan fingerprint density at radius 3 is 2.40 bits per heavy atom. The van der Waals surface area contributed by atoms with Gasteiger partial charge in [0, 0.05) is 13.1 Å². The molecule has 8 heteroatoms. The molecule has 2 aromatic rings. The molecule has 0 radical (unpaired) electrons. The van der Waals surface area contributed by atoms with Crippen molar-refractivity contribution >= 4 is 17.5 Å². The fraction of sp³-hybridized carbons (Fsp3) is 0.353. The Balaban J connectivity index is 1.69. The van der Waals surface area contributed by atoms with Gasteiger partial charge in [0.05, 0.1) is 23.6 Å². The Morgan fingerprint density at radius 1 is 1.12 bits per heavy atom. The first-order valence-corrected chi connectivity index (χ1v) is 7.97. The fourth-order valence-electron chi connectivity index (χ4n) is 2.66. The first kappa shape index (κ1) is 17.2. The van der Waals surface area contributed by atoms with Crippen molar-refractivity contribution in [2.75, 3.05) is 23.3 Å². The molecule has 5 nitrogen and oxygen atoms in total. The average Bonchev–Trinajstić information content (AvgIpc) is 2.61.